The van der Waals surface area contributed by atoms with Gasteiger partial charge in [0.05, 0.1) is 27.5 Å². The van der Waals surface area contributed by atoms with E-state index in [9.17, 15) is 22.0 Å². The summed E-state index contributed by atoms with van der Waals surface area (Å²) in [5.41, 5.74) is 13.3. The molecule has 6 N–H and O–H groups in total. The summed E-state index contributed by atoms with van der Waals surface area (Å²) in [6, 6.07) is 8.16. The number of rotatable bonds is 9. The molecule has 1 aromatic heterocycles. The van der Waals surface area contributed by atoms with Gasteiger partial charge in [0, 0.05) is 31.1 Å². The molecule has 1 aliphatic carbocycles. The third kappa shape index (κ3) is 8.09. The van der Waals surface area contributed by atoms with Crippen LogP contribution in [0.15, 0.2) is 52.5 Å². The van der Waals surface area contributed by atoms with Crippen LogP contribution in [0.1, 0.15) is 49.8 Å². The molecule has 0 radical (unpaired) electrons. The minimum atomic E-state index is -3.67. The second-order valence-corrected chi connectivity index (χ2v) is 14.2. The number of hydrogen-bond donors (Lipinski definition) is 4. The quantitative estimate of drug-likeness (QED) is 0.184. The molecule has 1 saturated heterocycles. The lowest BCUT2D eigenvalue weighted by Crippen LogP contribution is -2.45. The van der Waals surface area contributed by atoms with E-state index >= 15 is 0 Å². The molecular formula is C31H37ClF2N8O3S. The summed E-state index contributed by atoms with van der Waals surface area (Å²) in [5, 5.41) is 5.98. The summed E-state index contributed by atoms with van der Waals surface area (Å²) in [7, 11) is -3.67. The van der Waals surface area contributed by atoms with Crippen LogP contribution in [0.2, 0.25) is 5.02 Å². The molecule has 2 heterocycles. The van der Waals surface area contributed by atoms with Gasteiger partial charge in [0.15, 0.2) is 11.8 Å². The summed E-state index contributed by atoms with van der Waals surface area (Å²) in [5.74, 6) is -1.95. The van der Waals surface area contributed by atoms with Gasteiger partial charge < -0.3 is 22.1 Å². The van der Waals surface area contributed by atoms with Gasteiger partial charge in [-0.1, -0.05) is 29.3 Å². The average Bonchev–Trinajstić information content (AvgIpc) is 3.01. The molecule has 1 aliphatic heterocycles. The standard InChI is InChI=1S/C31H37ClF2N8O3S/c1-18-4-10-23(11-5-18)46(44,45)42-12-2-3-22(17-42)38-31-37-16-27(26(40-31)13-19-6-8-20(9-7-19)29(35)43)39-30(36)41-28-24(32)14-21(33)15-25(28)34/h4-5,10-11,14-16,19-20,22H,2-3,6-9,12-13,17H2,1H3,(H2,35,43)(H3,36,39,41)(H,37,38,40)/t19?,20?,22-/m1/s1. The first-order chi connectivity index (χ1) is 21.9. The van der Waals surface area contributed by atoms with E-state index in [-0.39, 0.29) is 51.9 Å². The Kier molecular flexibility index (Phi) is 10.4. The van der Waals surface area contributed by atoms with Crippen LogP contribution in [-0.2, 0) is 21.2 Å². The summed E-state index contributed by atoms with van der Waals surface area (Å²) < 4.78 is 56.0. The molecule has 2 fully saturated rings. The maximum Gasteiger partial charge on any atom is 0.243 e. The molecule has 0 spiro atoms. The number of nitrogens with zero attached hydrogens (tertiary/aromatic N) is 4. The molecule has 1 saturated carbocycles. The maximum atomic E-state index is 14.4. The number of anilines is 2. The SMILES string of the molecule is Cc1ccc(S(=O)(=O)N2CCC[C@@H](Nc3ncc(NC(N)=Nc4c(F)cc(F)cc4Cl)c(CC4CCC(C(N)=O)CC4)n3)C2)cc1. The first-order valence-corrected chi connectivity index (χ1v) is 16.9. The van der Waals surface area contributed by atoms with E-state index in [4.69, 9.17) is 28.1 Å². The number of primary amides is 1. The van der Waals surface area contributed by atoms with Gasteiger partial charge in [-0.2, -0.15) is 4.31 Å². The lowest BCUT2D eigenvalue weighted by atomic mass is 9.79. The molecule has 2 aliphatic rings. The minimum Gasteiger partial charge on any atom is -0.369 e. The van der Waals surface area contributed by atoms with Crippen LogP contribution in [0.4, 0.5) is 26.1 Å². The molecule has 1 atom stereocenters. The van der Waals surface area contributed by atoms with Gasteiger partial charge in [-0.05, 0) is 76.0 Å². The second-order valence-electron chi connectivity index (χ2n) is 11.9. The third-order valence-corrected chi connectivity index (χ3v) is 10.6. The van der Waals surface area contributed by atoms with E-state index in [0.717, 1.165) is 30.9 Å². The van der Waals surface area contributed by atoms with Crippen molar-refractivity contribution in [2.45, 2.75) is 62.8 Å². The van der Waals surface area contributed by atoms with E-state index in [2.05, 4.69) is 20.6 Å². The number of aliphatic imine (C=N–C) groups is 1. The fraction of sp³-hybridized carbons (Fsp3) is 0.419. The second kappa shape index (κ2) is 14.3. The summed E-state index contributed by atoms with van der Waals surface area (Å²) in [4.78, 5) is 25.2. The van der Waals surface area contributed by atoms with Crippen LogP contribution < -0.4 is 22.1 Å². The highest BCUT2D eigenvalue weighted by Crippen LogP contribution is 2.33. The smallest absolute Gasteiger partial charge is 0.243 e. The number of amides is 1. The number of hydrogen-bond acceptors (Lipinski definition) is 7. The Hall–Kier alpha value is -3.88. The van der Waals surface area contributed by atoms with Crippen molar-refractivity contribution in [2.75, 3.05) is 23.7 Å². The van der Waals surface area contributed by atoms with Crippen molar-refractivity contribution < 1.29 is 22.0 Å². The highest BCUT2D eigenvalue weighted by atomic mass is 35.5. The Morgan fingerprint density at radius 3 is 2.50 bits per heavy atom. The fourth-order valence-corrected chi connectivity index (χ4v) is 7.68. The minimum absolute atomic E-state index is 0.153. The molecule has 1 amide bonds. The predicted octanol–water partition coefficient (Wildman–Crippen LogP) is 4.87. The Morgan fingerprint density at radius 2 is 1.83 bits per heavy atom. The molecule has 0 unspecified atom stereocenters. The number of nitrogens with one attached hydrogen (secondary N) is 2. The predicted molar refractivity (Wildman–Crippen MR) is 173 cm³/mol. The van der Waals surface area contributed by atoms with Gasteiger partial charge >= 0.3 is 0 Å². The number of sulfonamides is 1. The molecule has 5 rings (SSSR count). The average molecular weight is 675 g/mol. The van der Waals surface area contributed by atoms with Crippen molar-refractivity contribution in [3.05, 3.63) is 70.5 Å². The largest absolute Gasteiger partial charge is 0.369 e. The third-order valence-electron chi connectivity index (χ3n) is 8.45. The number of aromatic nitrogens is 2. The van der Waals surface area contributed by atoms with Crippen molar-refractivity contribution in [3.8, 4) is 0 Å². The van der Waals surface area contributed by atoms with Crippen LogP contribution in [-0.4, -0.2) is 53.7 Å². The van der Waals surface area contributed by atoms with E-state index in [1.165, 1.54) is 10.5 Å². The molecule has 11 nitrogen and oxygen atoms in total. The molecule has 46 heavy (non-hydrogen) atoms. The van der Waals surface area contributed by atoms with Gasteiger partial charge in [0.25, 0.3) is 0 Å². The fourth-order valence-electron chi connectivity index (χ4n) is 5.92. The van der Waals surface area contributed by atoms with E-state index < -0.39 is 21.7 Å². The maximum absolute atomic E-state index is 14.4. The Morgan fingerprint density at radius 1 is 1.11 bits per heavy atom. The van der Waals surface area contributed by atoms with Gasteiger partial charge in [0.2, 0.25) is 21.9 Å². The zero-order chi connectivity index (χ0) is 33.0. The van der Waals surface area contributed by atoms with Crippen LogP contribution in [0.5, 0.6) is 0 Å². The molecule has 3 aromatic rings. The first kappa shape index (κ1) is 33.5. The lowest BCUT2D eigenvalue weighted by Gasteiger charge is -2.32. The zero-order valence-corrected chi connectivity index (χ0v) is 26.9. The summed E-state index contributed by atoms with van der Waals surface area (Å²) in [6.07, 6.45) is 6.32. The topological polar surface area (TPSA) is 169 Å². The van der Waals surface area contributed by atoms with Crippen LogP contribution in [0.25, 0.3) is 0 Å². The van der Waals surface area contributed by atoms with Gasteiger partial charge in [-0.25, -0.2) is 32.2 Å². The number of carbonyl (C=O) groups is 1. The Labute approximate surface area is 271 Å². The van der Waals surface area contributed by atoms with Gasteiger partial charge in [0.1, 0.15) is 11.5 Å². The highest BCUT2D eigenvalue weighted by Gasteiger charge is 2.31. The van der Waals surface area contributed by atoms with Crippen LogP contribution in [0, 0.1) is 30.4 Å². The monoisotopic (exact) mass is 674 g/mol. The van der Waals surface area contributed by atoms with Crippen molar-refractivity contribution in [2.24, 2.45) is 28.3 Å². The van der Waals surface area contributed by atoms with E-state index in [0.29, 0.717) is 55.6 Å². The number of halogens is 3. The van der Waals surface area contributed by atoms with Crippen molar-refractivity contribution in [3.63, 3.8) is 0 Å². The van der Waals surface area contributed by atoms with Crippen molar-refractivity contribution >= 4 is 50.8 Å². The number of benzene rings is 2. The molecule has 15 heteroatoms. The number of guanidine groups is 1. The zero-order valence-electron chi connectivity index (χ0n) is 25.3. The van der Waals surface area contributed by atoms with Crippen molar-refractivity contribution in [1.82, 2.24) is 14.3 Å². The van der Waals surface area contributed by atoms with Crippen molar-refractivity contribution in [1.29, 1.82) is 0 Å². The number of nitrogens with two attached hydrogens (primary N) is 2. The lowest BCUT2D eigenvalue weighted by molar-refractivity contribution is -0.122. The van der Waals surface area contributed by atoms with E-state index in [1.807, 2.05) is 6.92 Å². The highest BCUT2D eigenvalue weighted by molar-refractivity contribution is 7.89. The molecular weight excluding hydrogens is 638 g/mol. The molecule has 246 valence electrons. The Bertz CT molecular complexity index is 1690. The molecule has 2 aromatic carbocycles. The normalized spacial score (nSPS) is 21.1. The molecule has 0 bridgehead atoms. The number of piperidine rings is 1. The summed E-state index contributed by atoms with van der Waals surface area (Å²) in [6.45, 7) is 2.56. The number of carbonyl (C=O) groups excluding carboxylic acids is 1. The van der Waals surface area contributed by atoms with Gasteiger partial charge in [-0.3, -0.25) is 4.79 Å². The van der Waals surface area contributed by atoms with Crippen LogP contribution in [0.3, 0.4) is 0 Å². The van der Waals surface area contributed by atoms with Gasteiger partial charge in [-0.15, -0.1) is 0 Å². The van der Waals surface area contributed by atoms with Crippen LogP contribution >= 0.6 is 11.6 Å². The Balaban J connectivity index is 1.36. The first-order valence-electron chi connectivity index (χ1n) is 15.1. The number of aryl methyl sites for hydroxylation is 1. The van der Waals surface area contributed by atoms with E-state index in [1.54, 1.807) is 24.3 Å². The summed E-state index contributed by atoms with van der Waals surface area (Å²) >= 11 is 5.99.